The number of carbonyl (C=O) groups excluding carboxylic acids is 2. The van der Waals surface area contributed by atoms with E-state index in [2.05, 4.69) is 5.32 Å². The van der Waals surface area contributed by atoms with E-state index in [9.17, 15) is 9.59 Å². The summed E-state index contributed by atoms with van der Waals surface area (Å²) in [4.78, 5) is 21.4. The quantitative estimate of drug-likeness (QED) is 0.715. The lowest BCUT2D eigenvalue weighted by Crippen LogP contribution is -2.33. The van der Waals surface area contributed by atoms with Gasteiger partial charge in [0.2, 0.25) is 0 Å². The molecule has 0 saturated carbocycles. The van der Waals surface area contributed by atoms with Crippen LogP contribution in [0.25, 0.3) is 0 Å². The summed E-state index contributed by atoms with van der Waals surface area (Å²) in [5.74, 6) is 0.303. The van der Waals surface area contributed by atoms with Crippen LogP contribution in [0.15, 0.2) is 0 Å². The lowest BCUT2D eigenvalue weighted by molar-refractivity contribution is -0.108. The van der Waals surface area contributed by atoms with Gasteiger partial charge in [0.1, 0.15) is 11.9 Å². The van der Waals surface area contributed by atoms with Crippen molar-refractivity contribution in [2.24, 2.45) is 5.92 Å². The Labute approximate surface area is 91.4 Å². The van der Waals surface area contributed by atoms with Crippen LogP contribution < -0.4 is 5.32 Å². The smallest absolute Gasteiger partial charge is 0.407 e. The van der Waals surface area contributed by atoms with Crippen LogP contribution >= 0.6 is 0 Å². The average Bonchev–Trinajstić information content (AvgIpc) is 2.00. The Morgan fingerprint density at radius 3 is 2.53 bits per heavy atom. The molecule has 0 aromatic rings. The fourth-order valence-corrected chi connectivity index (χ4v) is 1.02. The van der Waals surface area contributed by atoms with E-state index in [1.165, 1.54) is 0 Å². The molecule has 0 radical (unpaired) electrons. The highest BCUT2D eigenvalue weighted by atomic mass is 16.6. The van der Waals surface area contributed by atoms with Gasteiger partial charge < -0.3 is 14.8 Å². The third-order valence-electron chi connectivity index (χ3n) is 1.80. The van der Waals surface area contributed by atoms with Gasteiger partial charge in [0.05, 0.1) is 0 Å². The van der Waals surface area contributed by atoms with Crippen molar-refractivity contribution in [1.82, 2.24) is 5.32 Å². The minimum atomic E-state index is -0.460. The van der Waals surface area contributed by atoms with Crippen molar-refractivity contribution in [3.63, 3.8) is 0 Å². The highest BCUT2D eigenvalue weighted by Crippen LogP contribution is 2.07. The van der Waals surface area contributed by atoms with Crippen LogP contribution in [0.2, 0.25) is 0 Å². The van der Waals surface area contributed by atoms with E-state index < -0.39 is 11.7 Å². The molecule has 0 rings (SSSR count). The summed E-state index contributed by atoms with van der Waals surface area (Å²) < 4.78 is 5.06. The number of carbonyl (C=O) groups is 2. The van der Waals surface area contributed by atoms with Crippen LogP contribution in [-0.4, -0.2) is 24.5 Å². The van der Waals surface area contributed by atoms with Crippen LogP contribution in [-0.2, 0) is 9.53 Å². The molecule has 1 amide bonds. The van der Waals surface area contributed by atoms with Crippen molar-refractivity contribution in [3.05, 3.63) is 0 Å². The summed E-state index contributed by atoms with van der Waals surface area (Å²) >= 11 is 0. The molecule has 1 N–H and O–H groups in total. The molecular formula is C11H21NO3. The molecule has 0 unspecified atom stereocenters. The molecule has 15 heavy (non-hydrogen) atoms. The van der Waals surface area contributed by atoms with Crippen molar-refractivity contribution in [1.29, 1.82) is 0 Å². The highest BCUT2D eigenvalue weighted by molar-refractivity contribution is 5.67. The highest BCUT2D eigenvalue weighted by Gasteiger charge is 2.15. The van der Waals surface area contributed by atoms with Gasteiger partial charge >= 0.3 is 6.09 Å². The van der Waals surface area contributed by atoms with E-state index in [-0.39, 0.29) is 0 Å². The zero-order chi connectivity index (χ0) is 11.9. The van der Waals surface area contributed by atoms with Gasteiger partial charge in [-0.25, -0.2) is 4.79 Å². The lowest BCUT2D eigenvalue weighted by Gasteiger charge is -2.20. The molecule has 88 valence electrons. The van der Waals surface area contributed by atoms with E-state index in [4.69, 9.17) is 4.74 Å². The molecule has 0 bridgehead atoms. The van der Waals surface area contributed by atoms with Crippen LogP contribution in [0.1, 0.15) is 40.5 Å². The van der Waals surface area contributed by atoms with Gasteiger partial charge in [0, 0.05) is 13.0 Å². The Morgan fingerprint density at radius 2 is 2.07 bits per heavy atom. The third kappa shape index (κ3) is 9.25. The van der Waals surface area contributed by atoms with E-state index in [0.717, 1.165) is 12.7 Å². The van der Waals surface area contributed by atoms with Gasteiger partial charge in [0.15, 0.2) is 0 Å². The molecule has 0 aliphatic carbocycles. The standard InChI is InChI=1S/C11H21NO3/c1-9(6-8-13)5-7-12-10(14)15-11(2,3)4/h8-9H,5-7H2,1-4H3,(H,12,14)/t9-/m0/s1. The lowest BCUT2D eigenvalue weighted by atomic mass is 10.1. The average molecular weight is 215 g/mol. The zero-order valence-electron chi connectivity index (χ0n) is 10.0. The Hall–Kier alpha value is -1.06. The maximum absolute atomic E-state index is 11.2. The van der Waals surface area contributed by atoms with Crippen molar-refractivity contribution in [2.45, 2.75) is 46.1 Å². The first-order valence-corrected chi connectivity index (χ1v) is 5.25. The van der Waals surface area contributed by atoms with E-state index in [1.807, 2.05) is 27.7 Å². The van der Waals surface area contributed by atoms with Crippen LogP contribution in [0.4, 0.5) is 4.79 Å². The number of nitrogens with one attached hydrogen (secondary N) is 1. The van der Waals surface area contributed by atoms with Crippen molar-refractivity contribution in [2.75, 3.05) is 6.54 Å². The first kappa shape index (κ1) is 13.9. The second kappa shape index (κ2) is 6.43. The number of rotatable bonds is 5. The molecule has 0 aliphatic heterocycles. The Balaban J connectivity index is 3.59. The summed E-state index contributed by atoms with van der Waals surface area (Å²) in [6.45, 7) is 7.99. The molecule has 0 aromatic heterocycles. The first-order chi connectivity index (χ1) is 6.85. The number of hydrogen-bond acceptors (Lipinski definition) is 3. The van der Waals surface area contributed by atoms with Crippen molar-refractivity contribution in [3.8, 4) is 0 Å². The molecule has 1 atom stereocenters. The van der Waals surface area contributed by atoms with Crippen molar-refractivity contribution < 1.29 is 14.3 Å². The predicted molar refractivity (Wildman–Crippen MR) is 58.7 cm³/mol. The van der Waals surface area contributed by atoms with E-state index in [0.29, 0.717) is 18.9 Å². The fraction of sp³-hybridized carbons (Fsp3) is 0.818. The number of hydrogen-bond donors (Lipinski definition) is 1. The summed E-state index contributed by atoms with van der Waals surface area (Å²) in [5.41, 5.74) is -0.460. The van der Waals surface area contributed by atoms with Gasteiger partial charge in [-0.05, 0) is 33.1 Å². The largest absolute Gasteiger partial charge is 0.444 e. The second-order valence-corrected chi connectivity index (χ2v) is 4.72. The summed E-state index contributed by atoms with van der Waals surface area (Å²) in [5, 5.41) is 2.65. The van der Waals surface area contributed by atoms with Crippen LogP contribution in [0, 0.1) is 5.92 Å². The van der Waals surface area contributed by atoms with Gasteiger partial charge in [-0.2, -0.15) is 0 Å². The third-order valence-corrected chi connectivity index (χ3v) is 1.80. The molecule has 0 aromatic carbocycles. The number of aldehydes is 1. The minimum absolute atomic E-state index is 0.303. The summed E-state index contributed by atoms with van der Waals surface area (Å²) in [6.07, 6.45) is 1.83. The van der Waals surface area contributed by atoms with Gasteiger partial charge in [-0.3, -0.25) is 0 Å². The Morgan fingerprint density at radius 1 is 1.47 bits per heavy atom. The summed E-state index contributed by atoms with van der Waals surface area (Å²) in [7, 11) is 0. The Bertz CT molecular complexity index is 208. The molecule has 0 saturated heterocycles. The minimum Gasteiger partial charge on any atom is -0.444 e. The van der Waals surface area contributed by atoms with E-state index >= 15 is 0 Å². The maximum Gasteiger partial charge on any atom is 0.407 e. The van der Waals surface area contributed by atoms with Crippen LogP contribution in [0.3, 0.4) is 0 Å². The molecule has 0 spiro atoms. The number of amides is 1. The second-order valence-electron chi connectivity index (χ2n) is 4.72. The Kier molecular flexibility index (Phi) is 5.97. The zero-order valence-corrected chi connectivity index (χ0v) is 10.0. The predicted octanol–water partition coefficient (Wildman–Crippen LogP) is 2.13. The van der Waals surface area contributed by atoms with Crippen molar-refractivity contribution >= 4 is 12.4 Å². The maximum atomic E-state index is 11.2. The van der Waals surface area contributed by atoms with Gasteiger partial charge in [-0.15, -0.1) is 0 Å². The molecule has 0 aliphatic rings. The van der Waals surface area contributed by atoms with E-state index in [1.54, 1.807) is 0 Å². The number of ether oxygens (including phenoxy) is 1. The molecular weight excluding hydrogens is 194 g/mol. The normalized spacial score (nSPS) is 13.1. The number of alkyl carbamates (subject to hydrolysis) is 1. The molecule has 0 heterocycles. The van der Waals surface area contributed by atoms with Gasteiger partial charge in [0.25, 0.3) is 0 Å². The summed E-state index contributed by atoms with van der Waals surface area (Å²) in [6, 6.07) is 0. The van der Waals surface area contributed by atoms with Gasteiger partial charge in [-0.1, -0.05) is 6.92 Å². The molecule has 4 nitrogen and oxygen atoms in total. The fourth-order valence-electron chi connectivity index (χ4n) is 1.02. The SMILES string of the molecule is C[C@H](CC=O)CCNC(=O)OC(C)(C)C. The molecule has 0 fully saturated rings. The van der Waals surface area contributed by atoms with Crippen LogP contribution in [0.5, 0.6) is 0 Å². The monoisotopic (exact) mass is 215 g/mol. The first-order valence-electron chi connectivity index (χ1n) is 5.25. The molecule has 4 heteroatoms. The topological polar surface area (TPSA) is 55.4 Å².